The zero-order chi connectivity index (χ0) is 15.2. The van der Waals surface area contributed by atoms with Gasteiger partial charge in [0.15, 0.2) is 0 Å². The molecular weight excluding hydrogens is 250 g/mol. The maximum atomic E-state index is 5.52. The molecule has 0 rings (SSSR count). The lowest BCUT2D eigenvalue weighted by Crippen LogP contribution is -2.30. The van der Waals surface area contributed by atoms with Crippen molar-refractivity contribution in [3.05, 3.63) is 0 Å². The summed E-state index contributed by atoms with van der Waals surface area (Å²) in [6.07, 6.45) is 4.67. The van der Waals surface area contributed by atoms with Crippen molar-refractivity contribution in [2.24, 2.45) is 11.5 Å². The Hall–Kier alpha value is -0.200. The van der Waals surface area contributed by atoms with Gasteiger partial charge in [-0.3, -0.25) is 0 Å². The van der Waals surface area contributed by atoms with Gasteiger partial charge in [0, 0.05) is 0 Å². The molecule has 0 saturated carbocycles. The third kappa shape index (κ3) is 12.8. The van der Waals surface area contributed by atoms with Crippen LogP contribution < -0.4 is 11.5 Å². The molecule has 4 N–H and O–H groups in total. The number of rotatable bonds is 14. The van der Waals surface area contributed by atoms with Crippen LogP contribution in [-0.2, 0) is 0 Å². The minimum atomic E-state index is 0.794. The van der Waals surface area contributed by atoms with E-state index in [0.717, 1.165) is 39.0 Å². The Bertz CT molecular complexity index is 181. The fourth-order valence-electron chi connectivity index (χ4n) is 2.28. The zero-order valence-electron chi connectivity index (χ0n) is 14.0. The van der Waals surface area contributed by atoms with Crippen LogP contribution in [0, 0.1) is 0 Å². The third-order valence-electron chi connectivity index (χ3n) is 3.65. The zero-order valence-corrected chi connectivity index (χ0v) is 14.0. The molecule has 20 heavy (non-hydrogen) atoms. The first kappa shape index (κ1) is 19.8. The molecule has 5 heteroatoms. The maximum absolute atomic E-state index is 5.52. The summed E-state index contributed by atoms with van der Waals surface area (Å²) in [5, 5.41) is 0. The Morgan fingerprint density at radius 1 is 0.500 bits per heavy atom. The molecular formula is C15H37N5. The molecule has 0 unspecified atom stereocenters. The van der Waals surface area contributed by atoms with Gasteiger partial charge in [0.05, 0.1) is 0 Å². The first-order valence-corrected chi connectivity index (χ1v) is 8.06. The van der Waals surface area contributed by atoms with Gasteiger partial charge in [-0.1, -0.05) is 0 Å². The summed E-state index contributed by atoms with van der Waals surface area (Å²) in [4.78, 5) is 7.19. The second-order valence-corrected chi connectivity index (χ2v) is 5.90. The van der Waals surface area contributed by atoms with E-state index in [-0.39, 0.29) is 0 Å². The molecule has 0 atom stereocenters. The highest BCUT2D eigenvalue weighted by atomic mass is 15.1. The molecule has 0 bridgehead atoms. The predicted molar refractivity (Wildman–Crippen MR) is 89.1 cm³/mol. The van der Waals surface area contributed by atoms with E-state index in [9.17, 15) is 0 Å². The van der Waals surface area contributed by atoms with Gasteiger partial charge in [-0.15, -0.1) is 0 Å². The first-order valence-electron chi connectivity index (χ1n) is 8.06. The summed E-state index contributed by atoms with van der Waals surface area (Å²) in [5.41, 5.74) is 11.0. The lowest BCUT2D eigenvalue weighted by atomic mass is 10.3. The van der Waals surface area contributed by atoms with Gasteiger partial charge in [-0.05, 0) is 99.2 Å². The van der Waals surface area contributed by atoms with Crippen LogP contribution in [0.25, 0.3) is 0 Å². The van der Waals surface area contributed by atoms with Gasteiger partial charge >= 0.3 is 0 Å². The summed E-state index contributed by atoms with van der Waals surface area (Å²) in [6, 6.07) is 0. The average Bonchev–Trinajstić information content (AvgIpc) is 2.42. The first-order chi connectivity index (χ1) is 9.60. The van der Waals surface area contributed by atoms with E-state index >= 15 is 0 Å². The molecule has 0 fully saturated rings. The van der Waals surface area contributed by atoms with Crippen LogP contribution >= 0.6 is 0 Å². The molecule has 0 aliphatic heterocycles. The molecule has 0 aromatic heterocycles. The molecule has 0 aliphatic rings. The van der Waals surface area contributed by atoms with E-state index < -0.39 is 0 Å². The van der Waals surface area contributed by atoms with Crippen molar-refractivity contribution in [3.63, 3.8) is 0 Å². The number of nitrogens with zero attached hydrogens (tertiary/aromatic N) is 3. The van der Waals surface area contributed by atoms with Crippen molar-refractivity contribution >= 4 is 0 Å². The fraction of sp³-hybridized carbons (Fsp3) is 1.00. The molecule has 0 radical (unpaired) electrons. The van der Waals surface area contributed by atoms with Gasteiger partial charge in [-0.2, -0.15) is 0 Å². The van der Waals surface area contributed by atoms with Crippen molar-refractivity contribution in [1.29, 1.82) is 0 Å². The van der Waals surface area contributed by atoms with Crippen LogP contribution in [-0.4, -0.2) is 88.2 Å². The van der Waals surface area contributed by atoms with E-state index in [0.29, 0.717) is 0 Å². The van der Waals surface area contributed by atoms with Crippen LogP contribution in [0.5, 0.6) is 0 Å². The number of nitrogens with two attached hydrogens (primary N) is 2. The molecule has 0 heterocycles. The normalized spacial score (nSPS) is 12.0. The van der Waals surface area contributed by atoms with Crippen molar-refractivity contribution in [3.8, 4) is 0 Å². The second kappa shape index (κ2) is 13.8. The molecule has 5 nitrogen and oxygen atoms in total. The highest BCUT2D eigenvalue weighted by Crippen LogP contribution is 1.96. The maximum Gasteiger partial charge on any atom is -0.000959 e. The van der Waals surface area contributed by atoms with Crippen LogP contribution in [0.2, 0.25) is 0 Å². The standard InChI is InChI=1S/C15H37N5/c1-18(10-4-8-16)12-6-14-20(3)15-7-13-19(2)11-5-9-17/h4-17H2,1-3H3. The highest BCUT2D eigenvalue weighted by Gasteiger charge is 2.02. The Balaban J connectivity index is 3.42. The minimum Gasteiger partial charge on any atom is -0.330 e. The van der Waals surface area contributed by atoms with E-state index in [4.69, 9.17) is 11.5 Å². The van der Waals surface area contributed by atoms with Crippen LogP contribution in [0.15, 0.2) is 0 Å². The summed E-state index contributed by atoms with van der Waals surface area (Å²) < 4.78 is 0. The summed E-state index contributed by atoms with van der Waals surface area (Å²) in [7, 11) is 6.59. The molecule has 0 amide bonds. The van der Waals surface area contributed by atoms with Crippen molar-refractivity contribution in [2.75, 3.05) is 73.5 Å². The Labute approximate surface area is 126 Å². The van der Waals surface area contributed by atoms with Crippen LogP contribution in [0.1, 0.15) is 25.7 Å². The Morgan fingerprint density at radius 3 is 1.00 bits per heavy atom. The van der Waals surface area contributed by atoms with Gasteiger partial charge < -0.3 is 26.2 Å². The SMILES string of the molecule is CN(CCCN)CCCN(C)CCCN(C)CCCN. The minimum absolute atomic E-state index is 0.794. The largest absolute Gasteiger partial charge is 0.330 e. The van der Waals surface area contributed by atoms with E-state index in [1.54, 1.807) is 0 Å². The highest BCUT2D eigenvalue weighted by molar-refractivity contribution is 4.59. The van der Waals surface area contributed by atoms with E-state index in [1.807, 2.05) is 0 Å². The monoisotopic (exact) mass is 287 g/mol. The van der Waals surface area contributed by atoms with E-state index in [1.165, 1.54) is 39.0 Å². The topological polar surface area (TPSA) is 61.8 Å². The third-order valence-corrected chi connectivity index (χ3v) is 3.65. The lowest BCUT2D eigenvalue weighted by Gasteiger charge is -2.21. The molecule has 0 aromatic rings. The Morgan fingerprint density at radius 2 is 0.750 bits per heavy atom. The van der Waals surface area contributed by atoms with E-state index in [2.05, 4.69) is 35.8 Å². The second-order valence-electron chi connectivity index (χ2n) is 5.90. The molecule has 0 aromatic carbocycles. The lowest BCUT2D eigenvalue weighted by molar-refractivity contribution is 0.256. The van der Waals surface area contributed by atoms with Crippen molar-refractivity contribution in [2.45, 2.75) is 25.7 Å². The average molecular weight is 287 g/mol. The van der Waals surface area contributed by atoms with Gasteiger partial charge in [0.25, 0.3) is 0 Å². The molecule has 0 aliphatic carbocycles. The number of hydrogen-bond donors (Lipinski definition) is 2. The summed E-state index contributed by atoms with van der Waals surface area (Å²) in [5.74, 6) is 0. The van der Waals surface area contributed by atoms with Crippen LogP contribution in [0.3, 0.4) is 0 Å². The van der Waals surface area contributed by atoms with Crippen molar-refractivity contribution < 1.29 is 0 Å². The van der Waals surface area contributed by atoms with Gasteiger partial charge in [0.1, 0.15) is 0 Å². The molecule has 122 valence electrons. The summed E-state index contributed by atoms with van der Waals surface area (Å²) >= 11 is 0. The van der Waals surface area contributed by atoms with Crippen LogP contribution in [0.4, 0.5) is 0 Å². The molecule has 0 saturated heterocycles. The quantitative estimate of drug-likeness (QED) is 0.480. The van der Waals surface area contributed by atoms with Crippen molar-refractivity contribution in [1.82, 2.24) is 14.7 Å². The fourth-order valence-corrected chi connectivity index (χ4v) is 2.28. The Kier molecular flexibility index (Phi) is 13.6. The smallest absolute Gasteiger partial charge is 0.000959 e. The summed E-state index contributed by atoms with van der Waals surface area (Å²) in [6.45, 7) is 8.52. The predicted octanol–water partition coefficient (Wildman–Crippen LogP) is 0.260. The number of hydrogen-bond acceptors (Lipinski definition) is 5. The van der Waals surface area contributed by atoms with Gasteiger partial charge in [0.2, 0.25) is 0 Å². The molecule has 0 spiro atoms. The van der Waals surface area contributed by atoms with Gasteiger partial charge in [-0.25, -0.2) is 0 Å².